The minimum Gasteiger partial charge on any atom is -0.377 e. The van der Waals surface area contributed by atoms with Gasteiger partial charge in [0.25, 0.3) is 0 Å². The van der Waals surface area contributed by atoms with Crippen molar-refractivity contribution in [3.8, 4) is 0 Å². The Labute approximate surface area is 133 Å². The van der Waals surface area contributed by atoms with E-state index in [2.05, 4.69) is 9.88 Å². The second-order valence-corrected chi connectivity index (χ2v) is 6.75. The molecule has 6 heteroatoms. The van der Waals surface area contributed by atoms with E-state index in [0.29, 0.717) is 11.7 Å². The highest BCUT2D eigenvalue weighted by Gasteiger charge is 2.20. The molecule has 2 heterocycles. The van der Waals surface area contributed by atoms with Crippen molar-refractivity contribution in [3.05, 3.63) is 46.7 Å². The van der Waals surface area contributed by atoms with E-state index in [1.807, 2.05) is 12.3 Å². The molecule has 0 aliphatic carbocycles. The van der Waals surface area contributed by atoms with Gasteiger partial charge < -0.3 is 10.5 Å². The minimum absolute atomic E-state index is 0.198. The topological polar surface area (TPSA) is 51.4 Å². The fourth-order valence-corrected chi connectivity index (χ4v) is 3.50. The number of nitrogens with two attached hydrogens (primary N) is 1. The summed E-state index contributed by atoms with van der Waals surface area (Å²) in [4.78, 5) is 7.49. The van der Waals surface area contributed by atoms with Crippen LogP contribution < -0.4 is 5.73 Å². The van der Waals surface area contributed by atoms with Crippen molar-refractivity contribution in [2.75, 3.05) is 18.9 Å². The van der Waals surface area contributed by atoms with E-state index in [1.165, 1.54) is 17.4 Å². The summed E-state index contributed by atoms with van der Waals surface area (Å²) in [5, 5.41) is 0.581. The second kappa shape index (κ2) is 7.17. The monoisotopic (exact) mass is 321 g/mol. The molecule has 2 aromatic rings. The van der Waals surface area contributed by atoms with Gasteiger partial charge in [-0.2, -0.15) is 0 Å². The number of thiazole rings is 1. The van der Waals surface area contributed by atoms with Crippen molar-refractivity contribution in [3.63, 3.8) is 0 Å². The predicted molar refractivity (Wildman–Crippen MR) is 86.0 cm³/mol. The molecule has 0 spiro atoms. The lowest BCUT2D eigenvalue weighted by atomic mass is 10.1. The highest BCUT2D eigenvalue weighted by molar-refractivity contribution is 7.15. The second-order valence-electron chi connectivity index (χ2n) is 5.60. The standard InChI is InChI=1S/C16H20FN3OS/c17-13-4-1-3-12(7-13)9-20(10-14-5-2-6-21-14)11-15-8-19-16(18)22-15/h1,3-4,7-8,14H,2,5-6,9-11H2,(H2,18,19). The molecule has 1 atom stereocenters. The van der Waals surface area contributed by atoms with E-state index in [0.717, 1.165) is 43.0 Å². The number of rotatable bonds is 6. The molecule has 118 valence electrons. The van der Waals surface area contributed by atoms with Crippen molar-refractivity contribution >= 4 is 16.5 Å². The zero-order valence-corrected chi connectivity index (χ0v) is 13.2. The van der Waals surface area contributed by atoms with Crippen LogP contribution in [-0.2, 0) is 17.8 Å². The zero-order chi connectivity index (χ0) is 15.4. The summed E-state index contributed by atoms with van der Waals surface area (Å²) >= 11 is 1.50. The first-order chi connectivity index (χ1) is 10.7. The first-order valence-electron chi connectivity index (χ1n) is 7.47. The molecule has 0 amide bonds. The molecule has 22 heavy (non-hydrogen) atoms. The molecule has 1 aliphatic rings. The van der Waals surface area contributed by atoms with Crippen LogP contribution in [0.1, 0.15) is 23.3 Å². The molecule has 2 N–H and O–H groups in total. The average molecular weight is 321 g/mol. The van der Waals surface area contributed by atoms with Gasteiger partial charge in [-0.1, -0.05) is 12.1 Å². The Morgan fingerprint density at radius 3 is 3.00 bits per heavy atom. The van der Waals surface area contributed by atoms with E-state index >= 15 is 0 Å². The van der Waals surface area contributed by atoms with Gasteiger partial charge in [-0.25, -0.2) is 9.37 Å². The number of ether oxygens (including phenoxy) is 1. The lowest BCUT2D eigenvalue weighted by Crippen LogP contribution is -2.31. The third-order valence-corrected chi connectivity index (χ3v) is 4.54. The van der Waals surface area contributed by atoms with Gasteiger partial charge in [0.15, 0.2) is 5.13 Å². The summed E-state index contributed by atoms with van der Waals surface area (Å²) in [6.45, 7) is 3.13. The molecule has 1 unspecified atom stereocenters. The lowest BCUT2D eigenvalue weighted by Gasteiger charge is -2.24. The van der Waals surface area contributed by atoms with Gasteiger partial charge in [-0.15, -0.1) is 11.3 Å². The summed E-state index contributed by atoms with van der Waals surface area (Å²) in [7, 11) is 0. The Hall–Kier alpha value is -1.50. The largest absolute Gasteiger partial charge is 0.377 e. The van der Waals surface area contributed by atoms with Gasteiger partial charge in [0.1, 0.15) is 5.82 Å². The summed E-state index contributed by atoms with van der Waals surface area (Å²) < 4.78 is 19.1. The van der Waals surface area contributed by atoms with E-state index in [1.54, 1.807) is 12.1 Å². The van der Waals surface area contributed by atoms with Gasteiger partial charge in [0.05, 0.1) is 6.10 Å². The van der Waals surface area contributed by atoms with Gasteiger partial charge in [0.2, 0.25) is 0 Å². The van der Waals surface area contributed by atoms with Gasteiger partial charge in [-0.05, 0) is 30.5 Å². The number of nitrogen functional groups attached to an aromatic ring is 1. The Kier molecular flexibility index (Phi) is 5.02. The molecular weight excluding hydrogens is 301 g/mol. The van der Waals surface area contributed by atoms with E-state index in [9.17, 15) is 4.39 Å². The predicted octanol–water partition coefficient (Wildman–Crippen LogP) is 3.05. The molecule has 1 saturated heterocycles. The van der Waals surface area contributed by atoms with Crippen LogP contribution in [0.25, 0.3) is 0 Å². The number of hydrogen-bond acceptors (Lipinski definition) is 5. The first kappa shape index (κ1) is 15.4. The first-order valence-corrected chi connectivity index (χ1v) is 8.29. The van der Waals surface area contributed by atoms with E-state index < -0.39 is 0 Å². The maximum Gasteiger partial charge on any atom is 0.180 e. The molecule has 1 aliphatic heterocycles. The van der Waals surface area contributed by atoms with Crippen LogP contribution >= 0.6 is 11.3 Å². The van der Waals surface area contributed by atoms with Gasteiger partial charge in [0, 0.05) is 37.3 Å². The molecule has 1 aromatic heterocycles. The summed E-state index contributed by atoms with van der Waals surface area (Å²) in [5.41, 5.74) is 6.67. The van der Waals surface area contributed by atoms with Gasteiger partial charge in [-0.3, -0.25) is 4.90 Å². The van der Waals surface area contributed by atoms with Crippen LogP contribution in [0, 0.1) is 5.82 Å². The highest BCUT2D eigenvalue weighted by atomic mass is 32.1. The van der Waals surface area contributed by atoms with Crippen LogP contribution in [-0.4, -0.2) is 29.1 Å². The Morgan fingerprint density at radius 1 is 1.41 bits per heavy atom. The summed E-state index contributed by atoms with van der Waals surface area (Å²) in [6.07, 6.45) is 4.28. The average Bonchev–Trinajstić information content (AvgIpc) is 3.11. The van der Waals surface area contributed by atoms with E-state index in [4.69, 9.17) is 10.5 Å². The maximum atomic E-state index is 13.4. The number of aromatic nitrogens is 1. The van der Waals surface area contributed by atoms with Crippen LogP contribution in [0.5, 0.6) is 0 Å². The summed E-state index contributed by atoms with van der Waals surface area (Å²) in [5.74, 6) is -0.198. The Bertz CT molecular complexity index is 613. The van der Waals surface area contributed by atoms with Crippen molar-refractivity contribution in [1.29, 1.82) is 0 Å². The highest BCUT2D eigenvalue weighted by Crippen LogP contribution is 2.21. The van der Waals surface area contributed by atoms with Gasteiger partial charge >= 0.3 is 0 Å². The van der Waals surface area contributed by atoms with Crippen molar-refractivity contribution in [2.24, 2.45) is 0 Å². The SMILES string of the molecule is Nc1ncc(CN(Cc2cccc(F)c2)CC2CCCO2)s1. The Balaban J connectivity index is 1.69. The smallest absolute Gasteiger partial charge is 0.180 e. The van der Waals surface area contributed by atoms with Crippen LogP contribution in [0.2, 0.25) is 0 Å². The summed E-state index contributed by atoms with van der Waals surface area (Å²) in [6, 6.07) is 6.76. The zero-order valence-electron chi connectivity index (χ0n) is 12.4. The number of nitrogens with zero attached hydrogens (tertiary/aromatic N) is 2. The third-order valence-electron chi connectivity index (χ3n) is 3.73. The van der Waals surface area contributed by atoms with Crippen LogP contribution in [0.15, 0.2) is 30.5 Å². The van der Waals surface area contributed by atoms with E-state index in [-0.39, 0.29) is 11.9 Å². The Morgan fingerprint density at radius 2 is 2.32 bits per heavy atom. The fraction of sp³-hybridized carbons (Fsp3) is 0.438. The molecule has 0 radical (unpaired) electrons. The maximum absolute atomic E-state index is 13.4. The molecule has 0 bridgehead atoms. The van der Waals surface area contributed by atoms with Crippen molar-refractivity contribution in [2.45, 2.75) is 32.0 Å². The lowest BCUT2D eigenvalue weighted by molar-refractivity contribution is 0.0682. The van der Waals surface area contributed by atoms with Crippen LogP contribution in [0.4, 0.5) is 9.52 Å². The third kappa shape index (κ3) is 4.25. The molecular formula is C16H20FN3OS. The number of hydrogen-bond donors (Lipinski definition) is 1. The van der Waals surface area contributed by atoms with Crippen molar-refractivity contribution in [1.82, 2.24) is 9.88 Å². The molecule has 0 saturated carbocycles. The molecule has 3 rings (SSSR count). The number of benzene rings is 1. The minimum atomic E-state index is -0.198. The number of halogens is 1. The molecule has 1 fully saturated rings. The molecule has 1 aromatic carbocycles. The quantitative estimate of drug-likeness (QED) is 0.888. The normalized spacial score (nSPS) is 18.2. The van der Waals surface area contributed by atoms with Crippen LogP contribution in [0.3, 0.4) is 0 Å². The van der Waals surface area contributed by atoms with Crippen molar-refractivity contribution < 1.29 is 9.13 Å². The fourth-order valence-electron chi connectivity index (χ4n) is 2.77. The number of anilines is 1. The molecule has 4 nitrogen and oxygen atoms in total.